The van der Waals surface area contributed by atoms with Crippen molar-refractivity contribution in [2.45, 2.75) is 12.8 Å². The number of likely N-dealkylation sites (N-methyl/N-ethyl adjacent to an activating group) is 2. The second kappa shape index (κ2) is 14.2. The molecule has 0 radical (unpaired) electrons. The van der Waals surface area contributed by atoms with Crippen LogP contribution in [0.1, 0.15) is 12.8 Å². The third kappa shape index (κ3) is 17.8. The van der Waals surface area contributed by atoms with E-state index in [2.05, 4.69) is 43.3 Å². The summed E-state index contributed by atoms with van der Waals surface area (Å²) in [5, 5.41) is 3.40. The van der Waals surface area contributed by atoms with Gasteiger partial charge in [0.2, 0.25) is 0 Å². The van der Waals surface area contributed by atoms with E-state index in [1.807, 2.05) is 0 Å². The van der Waals surface area contributed by atoms with Crippen LogP contribution in [0.5, 0.6) is 0 Å². The van der Waals surface area contributed by atoms with Gasteiger partial charge in [0.05, 0.1) is 13.2 Å². The summed E-state index contributed by atoms with van der Waals surface area (Å²) in [6.07, 6.45) is 2.16. The van der Waals surface area contributed by atoms with Crippen LogP contribution in [-0.2, 0) is 9.47 Å². The van der Waals surface area contributed by atoms with E-state index >= 15 is 0 Å². The number of ether oxygens (including phenoxy) is 2. The number of rotatable bonds is 14. The van der Waals surface area contributed by atoms with Gasteiger partial charge in [0.15, 0.2) is 0 Å². The second-order valence-electron chi connectivity index (χ2n) is 5.29. The standard InChI is InChI=1S/C14H33N3O2/c1-16(2)9-13-18-11-5-7-15-8-6-12-19-14-10-17(3)4/h15H,5-14H2,1-4H3. The highest BCUT2D eigenvalue weighted by Gasteiger charge is 1.93. The fourth-order valence-electron chi connectivity index (χ4n) is 1.42. The van der Waals surface area contributed by atoms with E-state index in [1.54, 1.807) is 0 Å². The first-order chi connectivity index (χ1) is 9.13. The van der Waals surface area contributed by atoms with Gasteiger partial charge in [-0.2, -0.15) is 0 Å². The predicted molar refractivity (Wildman–Crippen MR) is 80.8 cm³/mol. The van der Waals surface area contributed by atoms with E-state index in [0.717, 1.165) is 65.4 Å². The number of hydrogen-bond acceptors (Lipinski definition) is 5. The molecule has 0 bridgehead atoms. The first-order valence-electron chi connectivity index (χ1n) is 7.28. The monoisotopic (exact) mass is 275 g/mol. The van der Waals surface area contributed by atoms with Crippen molar-refractivity contribution in [3.63, 3.8) is 0 Å². The molecule has 0 aromatic carbocycles. The fourth-order valence-corrected chi connectivity index (χ4v) is 1.42. The highest BCUT2D eigenvalue weighted by atomic mass is 16.5. The van der Waals surface area contributed by atoms with Gasteiger partial charge in [-0.1, -0.05) is 0 Å². The summed E-state index contributed by atoms with van der Waals surface area (Å²) in [6.45, 7) is 7.40. The van der Waals surface area contributed by atoms with Crippen LogP contribution in [-0.4, -0.2) is 90.6 Å². The lowest BCUT2D eigenvalue weighted by atomic mass is 10.4. The first kappa shape index (κ1) is 18.8. The van der Waals surface area contributed by atoms with Crippen molar-refractivity contribution in [1.82, 2.24) is 15.1 Å². The van der Waals surface area contributed by atoms with Gasteiger partial charge in [0.1, 0.15) is 0 Å². The largest absolute Gasteiger partial charge is 0.380 e. The molecule has 0 rings (SSSR count). The maximum absolute atomic E-state index is 5.52. The molecule has 19 heavy (non-hydrogen) atoms. The number of nitrogens with one attached hydrogen (secondary N) is 1. The van der Waals surface area contributed by atoms with Gasteiger partial charge in [0, 0.05) is 26.3 Å². The van der Waals surface area contributed by atoms with Crippen LogP contribution < -0.4 is 5.32 Å². The summed E-state index contributed by atoms with van der Waals surface area (Å²) in [5.41, 5.74) is 0. The SMILES string of the molecule is CN(C)CCOCCCNCCCOCCN(C)C. The molecule has 5 nitrogen and oxygen atoms in total. The van der Waals surface area contributed by atoms with Crippen molar-refractivity contribution in [3.8, 4) is 0 Å². The van der Waals surface area contributed by atoms with Crippen LogP contribution >= 0.6 is 0 Å². The van der Waals surface area contributed by atoms with Gasteiger partial charge >= 0.3 is 0 Å². The first-order valence-corrected chi connectivity index (χ1v) is 7.28. The molecule has 0 fully saturated rings. The Balaban J connectivity index is 2.95. The molecule has 0 aliphatic rings. The molecular weight excluding hydrogens is 242 g/mol. The van der Waals surface area contributed by atoms with Crippen LogP contribution in [0.4, 0.5) is 0 Å². The second-order valence-corrected chi connectivity index (χ2v) is 5.29. The summed E-state index contributed by atoms with van der Waals surface area (Å²) in [6, 6.07) is 0. The van der Waals surface area contributed by atoms with Crippen LogP contribution in [0.2, 0.25) is 0 Å². The van der Waals surface area contributed by atoms with E-state index in [4.69, 9.17) is 9.47 Å². The Labute approximate surface area is 119 Å². The molecule has 5 heteroatoms. The average molecular weight is 275 g/mol. The highest BCUT2D eigenvalue weighted by molar-refractivity contribution is 4.49. The van der Waals surface area contributed by atoms with Crippen molar-refractivity contribution in [2.75, 3.05) is 80.8 Å². The Morgan fingerprint density at radius 3 is 1.47 bits per heavy atom. The van der Waals surface area contributed by atoms with Crippen molar-refractivity contribution in [3.05, 3.63) is 0 Å². The van der Waals surface area contributed by atoms with Gasteiger partial charge < -0.3 is 24.6 Å². The molecule has 0 saturated carbocycles. The molecule has 0 spiro atoms. The Morgan fingerprint density at radius 1 is 0.684 bits per heavy atom. The quantitative estimate of drug-likeness (QED) is 0.468. The van der Waals surface area contributed by atoms with Crippen LogP contribution in [0.3, 0.4) is 0 Å². The van der Waals surface area contributed by atoms with Crippen LogP contribution in [0, 0.1) is 0 Å². The van der Waals surface area contributed by atoms with E-state index in [-0.39, 0.29) is 0 Å². The average Bonchev–Trinajstić information content (AvgIpc) is 2.34. The third-order valence-corrected chi connectivity index (χ3v) is 2.65. The molecule has 0 heterocycles. The molecule has 0 aromatic rings. The summed E-state index contributed by atoms with van der Waals surface area (Å²) in [5.74, 6) is 0. The lowest BCUT2D eigenvalue weighted by Gasteiger charge is -2.10. The molecule has 0 amide bonds. The minimum absolute atomic E-state index is 0.826. The molecule has 0 aliphatic heterocycles. The lowest BCUT2D eigenvalue weighted by molar-refractivity contribution is 0.112. The topological polar surface area (TPSA) is 37.0 Å². The Morgan fingerprint density at radius 2 is 1.11 bits per heavy atom. The smallest absolute Gasteiger partial charge is 0.0593 e. The Hall–Kier alpha value is -0.200. The van der Waals surface area contributed by atoms with Gasteiger partial charge in [-0.25, -0.2) is 0 Å². The van der Waals surface area contributed by atoms with Gasteiger partial charge in [-0.3, -0.25) is 0 Å². The molecule has 116 valence electrons. The molecular formula is C14H33N3O2. The van der Waals surface area contributed by atoms with Gasteiger partial charge in [0.25, 0.3) is 0 Å². The normalized spacial score (nSPS) is 11.7. The van der Waals surface area contributed by atoms with Gasteiger partial charge in [-0.05, 0) is 54.1 Å². The zero-order valence-corrected chi connectivity index (χ0v) is 13.3. The summed E-state index contributed by atoms with van der Waals surface area (Å²) in [4.78, 5) is 4.27. The van der Waals surface area contributed by atoms with E-state index in [0.29, 0.717) is 0 Å². The zero-order valence-electron chi connectivity index (χ0n) is 13.3. The Kier molecular flexibility index (Phi) is 14.1. The highest BCUT2D eigenvalue weighted by Crippen LogP contribution is 1.85. The molecule has 0 aliphatic carbocycles. The maximum atomic E-state index is 5.52. The van der Waals surface area contributed by atoms with Crippen LogP contribution in [0.15, 0.2) is 0 Å². The molecule has 0 unspecified atom stereocenters. The molecule has 0 saturated heterocycles. The zero-order chi connectivity index (χ0) is 14.3. The minimum atomic E-state index is 0.826. The van der Waals surface area contributed by atoms with Crippen molar-refractivity contribution >= 4 is 0 Å². The molecule has 1 N–H and O–H groups in total. The van der Waals surface area contributed by atoms with E-state index in [9.17, 15) is 0 Å². The Bertz CT molecular complexity index is 160. The van der Waals surface area contributed by atoms with Crippen molar-refractivity contribution in [2.24, 2.45) is 0 Å². The number of nitrogens with zero attached hydrogens (tertiary/aromatic N) is 2. The van der Waals surface area contributed by atoms with Gasteiger partial charge in [-0.15, -0.1) is 0 Å². The summed E-state index contributed by atoms with van der Waals surface area (Å²) < 4.78 is 11.0. The minimum Gasteiger partial charge on any atom is -0.380 e. The van der Waals surface area contributed by atoms with Crippen LogP contribution in [0.25, 0.3) is 0 Å². The molecule has 0 aromatic heterocycles. The summed E-state index contributed by atoms with van der Waals surface area (Å²) >= 11 is 0. The van der Waals surface area contributed by atoms with Crippen molar-refractivity contribution in [1.29, 1.82) is 0 Å². The fraction of sp³-hybridized carbons (Fsp3) is 1.00. The van der Waals surface area contributed by atoms with E-state index in [1.165, 1.54) is 0 Å². The molecule has 0 atom stereocenters. The summed E-state index contributed by atoms with van der Waals surface area (Å²) in [7, 11) is 8.24. The third-order valence-electron chi connectivity index (χ3n) is 2.65. The predicted octanol–water partition coefficient (Wildman–Crippen LogP) is 0.513. The van der Waals surface area contributed by atoms with Crippen molar-refractivity contribution < 1.29 is 9.47 Å². The van der Waals surface area contributed by atoms with E-state index < -0.39 is 0 Å². The lowest BCUT2D eigenvalue weighted by Crippen LogP contribution is -2.22. The number of hydrogen-bond donors (Lipinski definition) is 1. The maximum Gasteiger partial charge on any atom is 0.0593 e.